The molecule has 0 saturated heterocycles. The molecule has 0 spiro atoms. The summed E-state index contributed by atoms with van der Waals surface area (Å²) in [7, 11) is 0. The lowest BCUT2D eigenvalue weighted by molar-refractivity contribution is 0.331. The van der Waals surface area contributed by atoms with Crippen LogP contribution in [-0.2, 0) is 6.42 Å². The molecule has 2 nitrogen and oxygen atoms in total. The van der Waals surface area contributed by atoms with Crippen LogP contribution in [0.5, 0.6) is 0 Å². The number of halogens is 1. The normalized spacial score (nSPS) is 35.4. The Labute approximate surface area is 96.4 Å². The van der Waals surface area contributed by atoms with Gasteiger partial charge in [-0.2, -0.15) is 4.37 Å². The third-order valence-corrected chi connectivity index (χ3v) is 5.09. The minimum atomic E-state index is 0.764. The van der Waals surface area contributed by atoms with Gasteiger partial charge < -0.3 is 0 Å². The maximum atomic E-state index is 4.38. The van der Waals surface area contributed by atoms with Crippen LogP contribution in [0.25, 0.3) is 0 Å². The van der Waals surface area contributed by atoms with Crippen LogP contribution in [-0.4, -0.2) is 9.36 Å². The second-order valence-electron chi connectivity index (χ2n) is 4.60. The van der Waals surface area contributed by atoms with Crippen LogP contribution in [0.4, 0.5) is 0 Å². The van der Waals surface area contributed by atoms with E-state index in [9.17, 15) is 0 Å². The van der Waals surface area contributed by atoms with E-state index < -0.39 is 0 Å². The lowest BCUT2D eigenvalue weighted by Crippen LogP contribution is -2.12. The molecule has 1 aromatic heterocycles. The molecule has 0 aromatic carbocycles. The van der Waals surface area contributed by atoms with Gasteiger partial charge in [-0.05, 0) is 64.5 Å². The summed E-state index contributed by atoms with van der Waals surface area (Å²) in [5, 5.41) is 1.22. The highest BCUT2D eigenvalue weighted by molar-refractivity contribution is 9.10. The van der Waals surface area contributed by atoms with Crippen molar-refractivity contribution in [1.29, 1.82) is 0 Å². The summed E-state index contributed by atoms with van der Waals surface area (Å²) < 4.78 is 4.93. The molecule has 1 heterocycles. The zero-order chi connectivity index (χ0) is 9.54. The summed E-state index contributed by atoms with van der Waals surface area (Å²) in [6, 6.07) is 0. The molecule has 0 radical (unpaired) electrons. The van der Waals surface area contributed by atoms with Crippen LogP contribution in [0.2, 0.25) is 0 Å². The molecule has 14 heavy (non-hydrogen) atoms. The molecule has 4 heteroatoms. The fourth-order valence-corrected chi connectivity index (χ4v) is 4.35. The molecule has 0 amide bonds. The maximum absolute atomic E-state index is 4.38. The Bertz CT molecular complexity index is 339. The van der Waals surface area contributed by atoms with Gasteiger partial charge in [0.15, 0.2) is 0 Å². The van der Waals surface area contributed by atoms with Crippen molar-refractivity contribution >= 4 is 27.5 Å². The second kappa shape index (κ2) is 3.56. The molecular formula is C10H13BrN2S. The van der Waals surface area contributed by atoms with Gasteiger partial charge in [0.2, 0.25) is 4.73 Å². The van der Waals surface area contributed by atoms with E-state index in [1.54, 1.807) is 11.5 Å². The molecule has 2 aliphatic rings. The van der Waals surface area contributed by atoms with Crippen molar-refractivity contribution in [3.05, 3.63) is 9.74 Å². The molecule has 0 aliphatic heterocycles. The van der Waals surface area contributed by atoms with Crippen molar-refractivity contribution in [3.8, 4) is 0 Å². The van der Waals surface area contributed by atoms with Gasteiger partial charge in [0.05, 0.1) is 0 Å². The smallest absolute Gasteiger partial charge is 0.209 e. The van der Waals surface area contributed by atoms with E-state index >= 15 is 0 Å². The average Bonchev–Trinajstić information content (AvgIpc) is 2.82. The van der Waals surface area contributed by atoms with Gasteiger partial charge in [0.1, 0.15) is 5.01 Å². The fourth-order valence-electron chi connectivity index (χ4n) is 3.17. The highest BCUT2D eigenvalue weighted by Crippen LogP contribution is 2.49. The van der Waals surface area contributed by atoms with Crippen molar-refractivity contribution in [2.45, 2.75) is 32.1 Å². The predicted molar refractivity (Wildman–Crippen MR) is 60.3 cm³/mol. The number of hydrogen-bond donors (Lipinski definition) is 0. The Morgan fingerprint density at radius 1 is 1.36 bits per heavy atom. The quantitative estimate of drug-likeness (QED) is 0.826. The van der Waals surface area contributed by atoms with E-state index in [2.05, 4.69) is 25.3 Å². The average molecular weight is 273 g/mol. The lowest BCUT2D eigenvalue weighted by atomic mass is 9.87. The summed E-state index contributed by atoms with van der Waals surface area (Å²) in [6.45, 7) is 0. The van der Waals surface area contributed by atoms with Gasteiger partial charge in [-0.3, -0.25) is 0 Å². The molecule has 3 atom stereocenters. The van der Waals surface area contributed by atoms with Crippen LogP contribution in [0.3, 0.4) is 0 Å². The monoisotopic (exact) mass is 272 g/mol. The Balaban J connectivity index is 1.68. The van der Waals surface area contributed by atoms with Crippen LogP contribution < -0.4 is 0 Å². The number of aromatic nitrogens is 2. The zero-order valence-corrected chi connectivity index (χ0v) is 10.4. The molecule has 76 valence electrons. The summed E-state index contributed by atoms with van der Waals surface area (Å²) in [4.78, 5) is 4.38. The van der Waals surface area contributed by atoms with Crippen molar-refractivity contribution in [2.75, 3.05) is 0 Å². The molecule has 2 fully saturated rings. The summed E-state index contributed by atoms with van der Waals surface area (Å²) >= 11 is 4.87. The second-order valence-corrected chi connectivity index (χ2v) is 6.14. The number of nitrogens with zero attached hydrogens (tertiary/aromatic N) is 2. The Morgan fingerprint density at radius 3 is 2.86 bits per heavy atom. The molecule has 1 aromatic rings. The Morgan fingerprint density at radius 2 is 2.29 bits per heavy atom. The highest BCUT2D eigenvalue weighted by atomic mass is 79.9. The largest absolute Gasteiger partial charge is 0.214 e. The van der Waals surface area contributed by atoms with E-state index in [0.29, 0.717) is 0 Å². The molecule has 3 rings (SSSR count). The first-order valence-electron chi connectivity index (χ1n) is 5.29. The maximum Gasteiger partial charge on any atom is 0.209 e. The number of rotatable bonds is 2. The van der Waals surface area contributed by atoms with Crippen LogP contribution in [0.1, 0.15) is 30.7 Å². The first kappa shape index (κ1) is 9.28. The minimum absolute atomic E-state index is 0.764. The minimum Gasteiger partial charge on any atom is -0.214 e. The summed E-state index contributed by atoms with van der Waals surface area (Å²) in [5.41, 5.74) is 0. The topological polar surface area (TPSA) is 25.8 Å². The fraction of sp³-hybridized carbons (Fsp3) is 0.800. The van der Waals surface area contributed by atoms with Crippen molar-refractivity contribution in [2.24, 2.45) is 17.8 Å². The van der Waals surface area contributed by atoms with E-state index in [1.165, 1.54) is 37.1 Å². The van der Waals surface area contributed by atoms with E-state index in [4.69, 9.17) is 0 Å². The van der Waals surface area contributed by atoms with Crippen LogP contribution >= 0.6 is 27.5 Å². The predicted octanol–water partition coefficient (Wildman–Crippen LogP) is 3.28. The molecule has 3 unspecified atom stereocenters. The third kappa shape index (κ3) is 1.63. The summed E-state index contributed by atoms with van der Waals surface area (Å²) in [6.07, 6.45) is 7.06. The molecule has 2 aliphatic carbocycles. The molecule has 0 N–H and O–H groups in total. The van der Waals surface area contributed by atoms with Crippen molar-refractivity contribution < 1.29 is 0 Å². The Hall–Kier alpha value is 0.0400. The lowest BCUT2D eigenvalue weighted by Gasteiger charge is -2.19. The van der Waals surface area contributed by atoms with Gasteiger partial charge in [-0.15, -0.1) is 0 Å². The van der Waals surface area contributed by atoms with Gasteiger partial charge in [-0.25, -0.2) is 4.98 Å². The van der Waals surface area contributed by atoms with Gasteiger partial charge >= 0.3 is 0 Å². The highest BCUT2D eigenvalue weighted by Gasteiger charge is 2.39. The molecular weight excluding hydrogens is 260 g/mol. The van der Waals surface area contributed by atoms with Crippen molar-refractivity contribution in [1.82, 2.24) is 9.36 Å². The number of hydrogen-bond acceptors (Lipinski definition) is 3. The zero-order valence-electron chi connectivity index (χ0n) is 7.95. The van der Waals surface area contributed by atoms with E-state index in [-0.39, 0.29) is 0 Å². The van der Waals surface area contributed by atoms with E-state index in [1.807, 2.05) is 0 Å². The standard InChI is InChI=1S/C10H13BrN2S/c11-10-12-9(14-13-10)5-8-4-6-1-2-7(8)3-6/h6-8H,1-5H2. The summed E-state index contributed by atoms with van der Waals surface area (Å²) in [5.74, 6) is 2.96. The van der Waals surface area contributed by atoms with Gasteiger partial charge in [0, 0.05) is 6.42 Å². The van der Waals surface area contributed by atoms with Gasteiger partial charge in [-0.1, -0.05) is 6.42 Å². The molecule has 2 saturated carbocycles. The first-order valence-corrected chi connectivity index (χ1v) is 6.86. The SMILES string of the molecule is Brc1nsc(CC2CC3CCC2C3)n1. The first-order chi connectivity index (χ1) is 6.81. The number of fused-ring (bicyclic) bond motifs is 2. The molecule has 2 bridgehead atoms. The third-order valence-electron chi connectivity index (χ3n) is 3.76. The van der Waals surface area contributed by atoms with Crippen LogP contribution in [0.15, 0.2) is 4.73 Å². The van der Waals surface area contributed by atoms with Crippen LogP contribution in [0, 0.1) is 17.8 Å². The Kier molecular flexibility index (Phi) is 2.36. The van der Waals surface area contributed by atoms with E-state index in [0.717, 1.165) is 22.5 Å². The van der Waals surface area contributed by atoms with Crippen molar-refractivity contribution in [3.63, 3.8) is 0 Å². The van der Waals surface area contributed by atoms with Gasteiger partial charge in [0.25, 0.3) is 0 Å².